The largest absolute Gasteiger partial charge is 0.277 e. The van der Waals surface area contributed by atoms with Crippen molar-refractivity contribution in [3.8, 4) is 0 Å². The highest BCUT2D eigenvalue weighted by Crippen LogP contribution is 2.20. The molecule has 0 aromatic heterocycles. The van der Waals surface area contributed by atoms with Crippen LogP contribution in [0, 0.1) is 0 Å². The van der Waals surface area contributed by atoms with Gasteiger partial charge in [-0.05, 0) is 12.1 Å². The minimum absolute atomic E-state index is 0.313. The molecule has 0 saturated heterocycles. The topological polar surface area (TPSA) is 37.4 Å². The molecule has 116 valence electrons. The van der Waals surface area contributed by atoms with Crippen LogP contribution in [-0.2, 0) is 0 Å². The number of fused-ring (bicyclic) bond motifs is 1. The van der Waals surface area contributed by atoms with Crippen LogP contribution >= 0.6 is 0 Å². The number of carbonyl (C=O) groups excluding carboxylic acids is 2. The van der Waals surface area contributed by atoms with Crippen LogP contribution in [0.4, 0.5) is 0 Å². The molecule has 0 radical (unpaired) electrons. The molecule has 0 saturated carbocycles. The van der Waals surface area contributed by atoms with E-state index >= 15 is 0 Å². The van der Waals surface area contributed by atoms with Crippen molar-refractivity contribution in [1.29, 1.82) is 0 Å². The summed E-state index contributed by atoms with van der Waals surface area (Å²) in [5, 5.41) is 0. The van der Waals surface area contributed by atoms with Crippen molar-refractivity contribution in [1.82, 2.24) is 4.90 Å². The van der Waals surface area contributed by atoms with Gasteiger partial charge in [0.05, 0.1) is 11.1 Å². The zero-order chi connectivity index (χ0) is 17.4. The predicted molar refractivity (Wildman–Crippen MR) is 88.3 cm³/mol. The van der Waals surface area contributed by atoms with Gasteiger partial charge in [-0.1, -0.05) is 67.5 Å². The molecule has 0 aliphatic carbocycles. The van der Waals surface area contributed by atoms with Gasteiger partial charge in [-0.25, -0.2) is 0 Å². The summed E-state index contributed by atoms with van der Waals surface area (Å²) in [6.45, 7) is 16.0. The van der Waals surface area contributed by atoms with Crippen molar-refractivity contribution in [2.75, 3.05) is 7.02 Å². The van der Waals surface area contributed by atoms with Crippen LogP contribution in [0.1, 0.15) is 77.5 Å². The van der Waals surface area contributed by atoms with Crippen LogP contribution in [0.2, 0.25) is 0 Å². The van der Waals surface area contributed by atoms with Gasteiger partial charge in [-0.2, -0.15) is 0 Å². The van der Waals surface area contributed by atoms with E-state index in [4.69, 9.17) is 1.37 Å². The second-order valence-corrected chi connectivity index (χ2v) is 2.58. The molecule has 3 heteroatoms. The summed E-state index contributed by atoms with van der Waals surface area (Å²) in [6.07, 6.45) is 0. The fourth-order valence-electron chi connectivity index (χ4n) is 1.24. The maximum atomic E-state index is 11.4. The molecule has 0 atom stereocenters. The van der Waals surface area contributed by atoms with E-state index in [0.717, 1.165) is 4.90 Å². The summed E-state index contributed by atoms with van der Waals surface area (Å²) in [6, 6.07) is 6.62. The minimum Gasteiger partial charge on any atom is -0.277 e. The highest BCUT2D eigenvalue weighted by atomic mass is 16.2. The first-order chi connectivity index (χ1) is 10.3. The number of rotatable bonds is 0. The van der Waals surface area contributed by atoms with Gasteiger partial charge in [0, 0.05) is 8.39 Å². The zero-order valence-corrected chi connectivity index (χ0v) is 14.3. The quantitative estimate of drug-likeness (QED) is 0.627. The molecule has 20 heavy (non-hydrogen) atoms. The maximum Gasteiger partial charge on any atom is 0.261 e. The molecule has 3 nitrogen and oxygen atoms in total. The average molecular weight is 282 g/mol. The Kier molecular flexibility index (Phi) is 15.9. The lowest BCUT2D eigenvalue weighted by Crippen LogP contribution is -2.24. The van der Waals surface area contributed by atoms with Gasteiger partial charge in [0.1, 0.15) is 0 Å². The number of hydrogen-bond donors (Lipinski definition) is 0. The van der Waals surface area contributed by atoms with E-state index in [9.17, 15) is 9.59 Å². The summed E-state index contributed by atoms with van der Waals surface area (Å²) >= 11 is 0. The number of imide groups is 1. The lowest BCUT2D eigenvalue weighted by atomic mass is 10.1. The van der Waals surface area contributed by atoms with Gasteiger partial charge in [0.25, 0.3) is 11.8 Å². The number of carbonyl (C=O) groups is 2. The third-order valence-corrected chi connectivity index (χ3v) is 1.88. The van der Waals surface area contributed by atoms with Crippen LogP contribution < -0.4 is 0 Å². The Hall–Kier alpha value is -1.64. The fraction of sp³-hybridized carbons (Fsp3) is 0.529. The Bertz CT molecular complexity index is 357. The van der Waals surface area contributed by atoms with Crippen molar-refractivity contribution in [3.05, 3.63) is 35.4 Å². The summed E-state index contributed by atoms with van der Waals surface area (Å²) in [5.74, 6) is -0.730. The number of hydrogen-bond acceptors (Lipinski definition) is 2. The molecule has 0 bridgehead atoms. The van der Waals surface area contributed by atoms with Crippen molar-refractivity contribution in [3.63, 3.8) is 0 Å². The molecule has 0 N–H and O–H groups in total. The summed E-state index contributed by atoms with van der Waals surface area (Å²) in [4.78, 5) is 23.8. The van der Waals surface area contributed by atoms with Crippen LogP contribution in [-0.4, -0.2) is 23.7 Å². The number of nitrogens with zero attached hydrogens (tertiary/aromatic N) is 1. The zero-order valence-electron chi connectivity index (χ0n) is 15.3. The molecular formula is C17H31NO2. The first-order valence-corrected chi connectivity index (χ1v) is 7.50. The van der Waals surface area contributed by atoms with Gasteiger partial charge >= 0.3 is 0 Å². The molecule has 2 rings (SSSR count). The van der Waals surface area contributed by atoms with Crippen molar-refractivity contribution >= 4 is 11.8 Å². The van der Waals surface area contributed by atoms with E-state index in [1.807, 2.05) is 55.4 Å². The molecule has 2 amide bonds. The standard InChI is InChI=1S/C9H7NO2.4C2H6/c1-10-8(11)6-4-2-3-5-7(6)9(10)12;4*1-2/h2-5H,1H3;4*1-2H3/i1D;;;;. The third kappa shape index (κ3) is 6.00. The summed E-state index contributed by atoms with van der Waals surface area (Å²) < 4.78 is 7.02. The monoisotopic (exact) mass is 282 g/mol. The Labute approximate surface area is 126 Å². The highest BCUT2D eigenvalue weighted by Gasteiger charge is 2.31. The Morgan fingerprint density at radius 2 is 1.05 bits per heavy atom. The van der Waals surface area contributed by atoms with Crippen LogP contribution in [0.25, 0.3) is 0 Å². The van der Waals surface area contributed by atoms with Crippen molar-refractivity contribution in [2.24, 2.45) is 0 Å². The van der Waals surface area contributed by atoms with E-state index in [2.05, 4.69) is 0 Å². The van der Waals surface area contributed by atoms with Crippen LogP contribution in [0.15, 0.2) is 24.3 Å². The lowest BCUT2D eigenvalue weighted by Gasteiger charge is -2.02. The van der Waals surface area contributed by atoms with Crippen molar-refractivity contribution in [2.45, 2.75) is 55.4 Å². The first kappa shape index (κ1) is 20.7. The van der Waals surface area contributed by atoms with Crippen LogP contribution in [0.3, 0.4) is 0 Å². The fourth-order valence-corrected chi connectivity index (χ4v) is 1.24. The highest BCUT2D eigenvalue weighted by molar-refractivity contribution is 6.21. The minimum atomic E-state index is -0.365. The Morgan fingerprint density at radius 3 is 1.30 bits per heavy atom. The Morgan fingerprint density at radius 1 is 0.750 bits per heavy atom. The maximum absolute atomic E-state index is 11.4. The molecule has 0 unspecified atom stereocenters. The van der Waals surface area contributed by atoms with E-state index < -0.39 is 0 Å². The van der Waals surface area contributed by atoms with Gasteiger partial charge in [-0.3, -0.25) is 14.5 Å². The molecule has 0 fully saturated rings. The van der Waals surface area contributed by atoms with Crippen LogP contribution in [0.5, 0.6) is 0 Å². The first-order valence-electron chi connectivity index (χ1n) is 8.21. The molecule has 1 aromatic rings. The molecule has 1 aliphatic heterocycles. The molecule has 1 aliphatic rings. The predicted octanol–water partition coefficient (Wildman–Crippen LogP) is 5.02. The second-order valence-electron chi connectivity index (χ2n) is 2.58. The summed E-state index contributed by atoms with van der Waals surface area (Å²) in [5.41, 5.74) is 0.805. The SMILES string of the molecule is CC.CC.CC.CC.[2H]CN1C(=O)c2ccccc2C1=O. The van der Waals surface area contributed by atoms with E-state index in [1.165, 1.54) is 0 Å². The van der Waals surface area contributed by atoms with Crippen molar-refractivity contribution < 1.29 is 11.0 Å². The lowest BCUT2D eigenvalue weighted by molar-refractivity contribution is 0.0693. The van der Waals surface area contributed by atoms with Gasteiger partial charge < -0.3 is 0 Å². The third-order valence-electron chi connectivity index (χ3n) is 1.88. The van der Waals surface area contributed by atoms with E-state index in [1.54, 1.807) is 24.3 Å². The normalized spacial score (nSPS) is 11.0. The summed E-state index contributed by atoms with van der Waals surface area (Å²) in [7, 11) is -0.313. The second kappa shape index (κ2) is 15.4. The molecule has 1 aromatic carbocycles. The molecule has 1 heterocycles. The number of amides is 2. The average Bonchev–Trinajstić information content (AvgIpc) is 2.86. The molecular weight excluding hydrogens is 250 g/mol. The molecule has 0 spiro atoms. The number of benzene rings is 1. The van der Waals surface area contributed by atoms with Gasteiger partial charge in [0.15, 0.2) is 0 Å². The Balaban J connectivity index is -0.000000353. The van der Waals surface area contributed by atoms with E-state index in [0.29, 0.717) is 11.1 Å². The van der Waals surface area contributed by atoms with Gasteiger partial charge in [-0.15, -0.1) is 0 Å². The van der Waals surface area contributed by atoms with Gasteiger partial charge in [0.2, 0.25) is 0 Å². The smallest absolute Gasteiger partial charge is 0.261 e. The van der Waals surface area contributed by atoms with E-state index in [-0.39, 0.29) is 18.8 Å².